The Labute approximate surface area is 168 Å². The van der Waals surface area contributed by atoms with Gasteiger partial charge in [0.1, 0.15) is 0 Å². The Balaban J connectivity index is 2.92. The van der Waals surface area contributed by atoms with Crippen molar-refractivity contribution < 1.29 is 25.6 Å². The molecule has 0 N–H and O–H groups in total. The van der Waals surface area contributed by atoms with Crippen molar-refractivity contribution in [3.63, 3.8) is 0 Å². The molecule has 0 amide bonds. The molecule has 0 aliphatic carbocycles. The van der Waals surface area contributed by atoms with Crippen molar-refractivity contribution in [3.8, 4) is 0 Å². The van der Waals surface area contributed by atoms with Gasteiger partial charge in [0.25, 0.3) is 0 Å². The molecule has 0 saturated carbocycles. The standard InChI is InChI=1S/C17H34O6Si4/c1-11-16-12-14-17(15-13-16)24(5,6)21-25(7,8)22-26(9,10)23-27(18-2,19-3)20-4/h11-15H,1H2,2-10H3. The van der Waals surface area contributed by atoms with Gasteiger partial charge in [0.2, 0.25) is 8.32 Å². The lowest BCUT2D eigenvalue weighted by atomic mass is 10.2. The second-order valence-corrected chi connectivity index (χ2v) is 21.4. The highest BCUT2D eigenvalue weighted by Gasteiger charge is 2.51. The number of hydrogen-bond donors (Lipinski definition) is 0. The summed E-state index contributed by atoms with van der Waals surface area (Å²) in [6, 6.07) is 8.36. The lowest BCUT2D eigenvalue weighted by Crippen LogP contribution is -2.61. The Morgan fingerprint density at radius 3 is 1.56 bits per heavy atom. The fourth-order valence-electron chi connectivity index (χ4n) is 3.00. The highest BCUT2D eigenvalue weighted by atomic mass is 28.5. The first-order chi connectivity index (χ1) is 12.3. The summed E-state index contributed by atoms with van der Waals surface area (Å²) in [5.41, 5.74) is 1.10. The van der Waals surface area contributed by atoms with Crippen molar-refractivity contribution in [2.24, 2.45) is 0 Å². The van der Waals surface area contributed by atoms with Crippen LogP contribution in [0.4, 0.5) is 0 Å². The van der Waals surface area contributed by atoms with Crippen LogP contribution in [0.1, 0.15) is 5.56 Å². The molecule has 6 nitrogen and oxygen atoms in total. The van der Waals surface area contributed by atoms with E-state index in [4.69, 9.17) is 25.6 Å². The summed E-state index contributed by atoms with van der Waals surface area (Å²) >= 11 is 0. The van der Waals surface area contributed by atoms with Gasteiger partial charge >= 0.3 is 26.2 Å². The average molecular weight is 447 g/mol. The summed E-state index contributed by atoms with van der Waals surface area (Å²) in [6.45, 7) is 16.2. The minimum atomic E-state index is -3.18. The zero-order chi connectivity index (χ0) is 20.9. The van der Waals surface area contributed by atoms with Crippen molar-refractivity contribution in [2.75, 3.05) is 21.3 Å². The SMILES string of the molecule is C=Cc1ccc([Si](C)(C)O[Si](C)(C)O[Si](C)(C)O[Si](OC)(OC)OC)cc1. The van der Waals surface area contributed by atoms with E-state index in [0.717, 1.165) is 5.56 Å². The Morgan fingerprint density at radius 1 is 0.704 bits per heavy atom. The molecule has 0 aliphatic rings. The molecule has 0 saturated heterocycles. The molecule has 1 rings (SSSR count). The zero-order valence-electron chi connectivity index (χ0n) is 18.0. The summed E-state index contributed by atoms with van der Waals surface area (Å²) < 4.78 is 35.3. The summed E-state index contributed by atoms with van der Waals surface area (Å²) in [5.74, 6) is 0. The van der Waals surface area contributed by atoms with Crippen LogP contribution in [0.2, 0.25) is 39.3 Å². The van der Waals surface area contributed by atoms with Gasteiger partial charge in [-0.05, 0) is 50.0 Å². The number of benzene rings is 1. The fraction of sp³-hybridized carbons (Fsp3) is 0.529. The zero-order valence-corrected chi connectivity index (χ0v) is 22.0. The Hall–Kier alpha value is -0.412. The van der Waals surface area contributed by atoms with Crippen LogP contribution in [0.3, 0.4) is 0 Å². The Morgan fingerprint density at radius 2 is 1.15 bits per heavy atom. The van der Waals surface area contributed by atoms with Gasteiger partial charge in [0.15, 0.2) is 0 Å². The summed E-state index contributed by atoms with van der Waals surface area (Å²) in [6.07, 6.45) is 1.84. The maximum absolute atomic E-state index is 6.61. The highest BCUT2D eigenvalue weighted by molar-refractivity contribution is 6.93. The predicted molar refractivity (Wildman–Crippen MR) is 119 cm³/mol. The van der Waals surface area contributed by atoms with Crippen molar-refractivity contribution in [3.05, 3.63) is 36.4 Å². The molecule has 0 heterocycles. The Bertz CT molecular complexity index is 606. The minimum Gasteiger partial charge on any atom is -0.433 e. The van der Waals surface area contributed by atoms with E-state index in [1.54, 1.807) is 0 Å². The lowest BCUT2D eigenvalue weighted by molar-refractivity contribution is 0.0405. The van der Waals surface area contributed by atoms with Gasteiger partial charge in [0.05, 0.1) is 0 Å². The van der Waals surface area contributed by atoms with Crippen LogP contribution in [0.25, 0.3) is 6.08 Å². The van der Waals surface area contributed by atoms with E-state index in [-0.39, 0.29) is 0 Å². The molecule has 0 spiro atoms. The van der Waals surface area contributed by atoms with Crippen LogP contribution in [-0.4, -0.2) is 55.8 Å². The molecule has 0 atom stereocenters. The Kier molecular flexibility index (Phi) is 8.56. The third-order valence-corrected chi connectivity index (χ3v) is 18.1. The topological polar surface area (TPSA) is 55.4 Å². The fourth-order valence-corrected chi connectivity index (χ4v) is 19.1. The smallest absolute Gasteiger partial charge is 0.433 e. The van der Waals surface area contributed by atoms with Crippen molar-refractivity contribution in [1.82, 2.24) is 0 Å². The van der Waals surface area contributed by atoms with Crippen molar-refractivity contribution >= 4 is 45.7 Å². The van der Waals surface area contributed by atoms with Crippen LogP contribution < -0.4 is 5.19 Å². The summed E-state index contributed by atoms with van der Waals surface area (Å²) in [5, 5.41) is 1.21. The normalized spacial score (nSPS) is 13.7. The van der Waals surface area contributed by atoms with E-state index in [1.807, 2.05) is 32.3 Å². The molecule has 0 aromatic heterocycles. The number of rotatable bonds is 11. The molecule has 0 aliphatic heterocycles. The third-order valence-electron chi connectivity index (χ3n) is 3.95. The lowest BCUT2D eigenvalue weighted by Gasteiger charge is -2.40. The molecular weight excluding hydrogens is 413 g/mol. The number of hydrogen-bond acceptors (Lipinski definition) is 6. The summed E-state index contributed by atoms with van der Waals surface area (Å²) in [4.78, 5) is 0. The van der Waals surface area contributed by atoms with Gasteiger partial charge in [-0.2, -0.15) is 0 Å². The van der Waals surface area contributed by atoms with E-state index in [1.165, 1.54) is 26.5 Å². The largest absolute Gasteiger partial charge is 0.669 e. The van der Waals surface area contributed by atoms with Gasteiger partial charge in [-0.25, -0.2) is 0 Å². The van der Waals surface area contributed by atoms with Gasteiger partial charge in [-0.15, -0.1) is 0 Å². The maximum Gasteiger partial charge on any atom is 0.669 e. The van der Waals surface area contributed by atoms with Crippen LogP contribution in [0.15, 0.2) is 30.8 Å². The molecule has 10 heteroatoms. The van der Waals surface area contributed by atoms with Crippen LogP contribution in [0, 0.1) is 0 Å². The van der Waals surface area contributed by atoms with Crippen molar-refractivity contribution in [2.45, 2.75) is 39.3 Å². The van der Waals surface area contributed by atoms with E-state index < -0.39 is 34.5 Å². The van der Waals surface area contributed by atoms with E-state index >= 15 is 0 Å². The monoisotopic (exact) mass is 446 g/mol. The van der Waals surface area contributed by atoms with Gasteiger partial charge in [0, 0.05) is 21.3 Å². The molecule has 27 heavy (non-hydrogen) atoms. The summed E-state index contributed by atoms with van der Waals surface area (Å²) in [7, 11) is -5.87. The van der Waals surface area contributed by atoms with Gasteiger partial charge < -0.3 is 25.6 Å². The second kappa shape index (κ2) is 9.39. The molecule has 1 aromatic rings. The van der Waals surface area contributed by atoms with E-state index in [9.17, 15) is 0 Å². The van der Waals surface area contributed by atoms with E-state index in [2.05, 4.69) is 43.9 Å². The quantitative estimate of drug-likeness (QED) is 0.484. The molecule has 0 fully saturated rings. The predicted octanol–water partition coefficient (Wildman–Crippen LogP) is 3.57. The van der Waals surface area contributed by atoms with Gasteiger partial charge in [-0.1, -0.05) is 36.9 Å². The van der Waals surface area contributed by atoms with Crippen molar-refractivity contribution in [1.29, 1.82) is 0 Å². The molecular formula is C17H34O6Si4. The molecule has 0 unspecified atom stereocenters. The second-order valence-electron chi connectivity index (χ2n) is 7.55. The first kappa shape index (κ1) is 24.6. The minimum absolute atomic E-state index is 1.10. The molecule has 0 bridgehead atoms. The molecule has 154 valence electrons. The van der Waals surface area contributed by atoms with Gasteiger partial charge in [-0.3, -0.25) is 0 Å². The first-order valence-electron chi connectivity index (χ1n) is 8.83. The molecule has 0 radical (unpaired) electrons. The van der Waals surface area contributed by atoms with E-state index in [0.29, 0.717) is 0 Å². The highest BCUT2D eigenvalue weighted by Crippen LogP contribution is 2.24. The van der Waals surface area contributed by atoms with Crippen LogP contribution >= 0.6 is 0 Å². The maximum atomic E-state index is 6.61. The third kappa shape index (κ3) is 7.16. The van der Waals surface area contributed by atoms with Crippen LogP contribution in [-0.2, 0) is 25.6 Å². The molecule has 1 aromatic carbocycles. The average Bonchev–Trinajstić information content (AvgIpc) is 2.57. The van der Waals surface area contributed by atoms with Crippen LogP contribution in [0.5, 0.6) is 0 Å². The first-order valence-corrected chi connectivity index (χ1v) is 19.0.